The van der Waals surface area contributed by atoms with Gasteiger partial charge in [-0.15, -0.1) is 0 Å². The molecular formula is C20H36F2O5P2. The second kappa shape index (κ2) is 14.0. The zero-order valence-electron chi connectivity index (χ0n) is 17.1. The first kappa shape index (κ1) is 26.8. The summed E-state index contributed by atoms with van der Waals surface area (Å²) in [5.41, 5.74) is 0. The van der Waals surface area contributed by atoms with Gasteiger partial charge in [0, 0.05) is 44.1 Å². The van der Waals surface area contributed by atoms with Gasteiger partial charge in [0.15, 0.2) is 0 Å². The molecule has 0 aromatic carbocycles. The maximum atomic E-state index is 14.1. The maximum Gasteiger partial charge on any atom is 0.303 e. The fraction of sp³-hybridized carbons (Fsp3) is 0.850. The summed E-state index contributed by atoms with van der Waals surface area (Å²) >= 11 is 0. The zero-order valence-corrected chi connectivity index (χ0v) is 19.5. The SMILES string of the molecule is CCCCC(F)(F)C(O)/C=C/C1C(OP)CC(OP)C1CCCCCCC(=O)O. The van der Waals surface area contributed by atoms with Crippen molar-refractivity contribution >= 4 is 24.9 Å². The van der Waals surface area contributed by atoms with E-state index >= 15 is 0 Å². The van der Waals surface area contributed by atoms with Crippen LogP contribution in [0.2, 0.25) is 0 Å². The number of carboxylic acid groups (broad SMARTS) is 1. The Balaban J connectivity index is 2.69. The minimum Gasteiger partial charge on any atom is -0.481 e. The molecule has 0 aliphatic heterocycles. The van der Waals surface area contributed by atoms with Crippen LogP contribution in [-0.4, -0.2) is 40.4 Å². The number of carbonyl (C=O) groups is 1. The molecule has 5 nitrogen and oxygen atoms in total. The van der Waals surface area contributed by atoms with E-state index < -0.39 is 18.0 Å². The third-order valence-corrected chi connectivity index (χ3v) is 6.40. The summed E-state index contributed by atoms with van der Waals surface area (Å²) in [7, 11) is 4.52. The number of aliphatic hydroxyl groups is 1. The summed E-state index contributed by atoms with van der Waals surface area (Å²) < 4.78 is 39.1. The molecule has 0 spiro atoms. The monoisotopic (exact) mass is 456 g/mol. The van der Waals surface area contributed by atoms with Crippen LogP contribution in [0.3, 0.4) is 0 Å². The van der Waals surface area contributed by atoms with Crippen molar-refractivity contribution in [3.63, 3.8) is 0 Å². The Bertz CT molecular complexity index is 507. The Hall–Kier alpha value is -0.190. The molecule has 0 aromatic rings. The van der Waals surface area contributed by atoms with Crippen LogP contribution in [0, 0.1) is 11.8 Å². The number of hydrogen-bond donors (Lipinski definition) is 2. The topological polar surface area (TPSA) is 76.0 Å². The summed E-state index contributed by atoms with van der Waals surface area (Å²) in [5, 5.41) is 18.7. The molecule has 0 saturated heterocycles. The highest BCUT2D eigenvalue weighted by atomic mass is 31.0. The molecule has 170 valence electrons. The smallest absolute Gasteiger partial charge is 0.303 e. The van der Waals surface area contributed by atoms with Crippen LogP contribution in [-0.2, 0) is 13.8 Å². The van der Waals surface area contributed by atoms with E-state index in [1.54, 1.807) is 6.08 Å². The van der Waals surface area contributed by atoms with Gasteiger partial charge in [0.2, 0.25) is 0 Å². The fourth-order valence-electron chi connectivity index (χ4n) is 3.98. The number of alkyl halides is 2. The maximum absolute atomic E-state index is 14.1. The number of carboxylic acids is 1. The van der Waals surface area contributed by atoms with E-state index in [0.717, 1.165) is 25.7 Å². The van der Waals surface area contributed by atoms with Crippen molar-refractivity contribution in [3.05, 3.63) is 12.2 Å². The second-order valence-electron chi connectivity index (χ2n) is 7.87. The molecule has 7 atom stereocenters. The number of rotatable bonds is 15. The summed E-state index contributed by atoms with van der Waals surface area (Å²) in [6.07, 6.45) is 6.46. The summed E-state index contributed by atoms with van der Waals surface area (Å²) in [6, 6.07) is 0. The van der Waals surface area contributed by atoms with Crippen LogP contribution < -0.4 is 0 Å². The highest BCUT2D eigenvalue weighted by Crippen LogP contribution is 2.42. The van der Waals surface area contributed by atoms with Gasteiger partial charge in [-0.2, -0.15) is 0 Å². The number of halogens is 2. The number of aliphatic carboxylic acids is 1. The van der Waals surface area contributed by atoms with E-state index in [1.807, 2.05) is 6.92 Å². The molecule has 9 heteroatoms. The molecule has 1 aliphatic rings. The lowest BCUT2D eigenvalue weighted by Crippen LogP contribution is -2.32. The van der Waals surface area contributed by atoms with E-state index in [-0.39, 0.29) is 36.9 Å². The van der Waals surface area contributed by atoms with Crippen LogP contribution in [0.5, 0.6) is 0 Å². The Morgan fingerprint density at radius 3 is 2.41 bits per heavy atom. The van der Waals surface area contributed by atoms with Crippen LogP contribution in [0.1, 0.15) is 71.1 Å². The van der Waals surface area contributed by atoms with Crippen molar-refractivity contribution in [1.82, 2.24) is 0 Å². The molecule has 1 aliphatic carbocycles. The Morgan fingerprint density at radius 1 is 1.17 bits per heavy atom. The minimum absolute atomic E-state index is 0.0723. The normalized spacial score (nSPS) is 26.3. The van der Waals surface area contributed by atoms with Gasteiger partial charge in [-0.05, 0) is 25.2 Å². The van der Waals surface area contributed by atoms with Crippen molar-refractivity contribution in [2.45, 2.75) is 95.4 Å². The molecule has 0 amide bonds. The summed E-state index contributed by atoms with van der Waals surface area (Å²) in [6.45, 7) is 1.84. The van der Waals surface area contributed by atoms with Crippen molar-refractivity contribution in [3.8, 4) is 0 Å². The van der Waals surface area contributed by atoms with E-state index in [0.29, 0.717) is 25.7 Å². The molecule has 1 saturated carbocycles. The highest BCUT2D eigenvalue weighted by Gasteiger charge is 2.43. The van der Waals surface area contributed by atoms with Gasteiger partial charge in [0.1, 0.15) is 6.10 Å². The van der Waals surface area contributed by atoms with E-state index in [4.69, 9.17) is 14.2 Å². The molecule has 1 rings (SSSR count). The lowest BCUT2D eigenvalue weighted by Gasteiger charge is -2.25. The van der Waals surface area contributed by atoms with Crippen LogP contribution in [0.25, 0.3) is 0 Å². The molecule has 0 radical (unpaired) electrons. The lowest BCUT2D eigenvalue weighted by atomic mass is 9.87. The van der Waals surface area contributed by atoms with Crippen LogP contribution in [0.4, 0.5) is 8.78 Å². The highest BCUT2D eigenvalue weighted by molar-refractivity contribution is 7.10. The third kappa shape index (κ3) is 9.23. The minimum atomic E-state index is -3.14. The third-order valence-electron chi connectivity index (χ3n) is 5.71. The molecule has 7 unspecified atom stereocenters. The second-order valence-corrected chi connectivity index (χ2v) is 8.41. The van der Waals surface area contributed by atoms with Crippen LogP contribution >= 0.6 is 18.9 Å². The first-order valence-electron chi connectivity index (χ1n) is 10.4. The molecule has 1 fully saturated rings. The number of unbranched alkanes of at least 4 members (excludes halogenated alkanes) is 4. The van der Waals surface area contributed by atoms with Gasteiger partial charge in [-0.1, -0.05) is 44.8 Å². The van der Waals surface area contributed by atoms with Crippen molar-refractivity contribution in [2.75, 3.05) is 0 Å². The largest absolute Gasteiger partial charge is 0.481 e. The predicted octanol–water partition coefficient (Wildman–Crippen LogP) is 5.14. The quantitative estimate of drug-likeness (QED) is 0.203. The Morgan fingerprint density at radius 2 is 1.83 bits per heavy atom. The first-order valence-corrected chi connectivity index (χ1v) is 11.4. The van der Waals surface area contributed by atoms with Gasteiger partial charge < -0.3 is 19.3 Å². The first-order chi connectivity index (χ1) is 13.8. The molecule has 0 bridgehead atoms. The molecule has 0 aromatic heterocycles. The average molecular weight is 456 g/mol. The van der Waals surface area contributed by atoms with Crippen LogP contribution in [0.15, 0.2) is 12.2 Å². The van der Waals surface area contributed by atoms with Crippen molar-refractivity contribution in [1.29, 1.82) is 0 Å². The van der Waals surface area contributed by atoms with E-state index in [2.05, 4.69) is 18.9 Å². The number of aliphatic hydroxyl groups excluding tert-OH is 1. The van der Waals surface area contributed by atoms with Gasteiger partial charge in [-0.3, -0.25) is 4.79 Å². The molecule has 0 heterocycles. The van der Waals surface area contributed by atoms with Crippen molar-refractivity contribution in [2.24, 2.45) is 11.8 Å². The van der Waals surface area contributed by atoms with E-state index in [9.17, 15) is 18.7 Å². The fourth-order valence-corrected chi connectivity index (χ4v) is 4.58. The number of hydrogen-bond acceptors (Lipinski definition) is 4. The Kier molecular flexibility index (Phi) is 12.9. The van der Waals surface area contributed by atoms with Gasteiger partial charge in [0.05, 0.1) is 12.2 Å². The molecular weight excluding hydrogens is 420 g/mol. The molecule has 2 N–H and O–H groups in total. The van der Waals surface area contributed by atoms with Crippen molar-refractivity contribution < 1.29 is 32.8 Å². The zero-order chi connectivity index (χ0) is 21.9. The van der Waals surface area contributed by atoms with Gasteiger partial charge in [0.25, 0.3) is 5.92 Å². The van der Waals surface area contributed by atoms with Gasteiger partial charge in [-0.25, -0.2) is 8.78 Å². The lowest BCUT2D eigenvalue weighted by molar-refractivity contribution is -0.137. The van der Waals surface area contributed by atoms with E-state index in [1.165, 1.54) is 6.08 Å². The summed E-state index contributed by atoms with van der Waals surface area (Å²) in [4.78, 5) is 10.6. The molecule has 29 heavy (non-hydrogen) atoms. The average Bonchev–Trinajstić information content (AvgIpc) is 3.03. The Labute approximate surface area is 177 Å². The standard InChI is InChI=1S/C20H36F2O5P2/c1-2-3-12-20(21,22)18(23)11-10-15-14(16(26-28)13-17(15)27-29)8-6-4-5-7-9-19(24)25/h10-11,14-18,23H,2-9,12-13,28-29H2,1H3,(H,24,25)/b11-10+. The predicted molar refractivity (Wildman–Crippen MR) is 116 cm³/mol. The van der Waals surface area contributed by atoms with Gasteiger partial charge >= 0.3 is 5.97 Å². The summed E-state index contributed by atoms with van der Waals surface area (Å²) in [5.74, 6) is -3.96.